The van der Waals surface area contributed by atoms with E-state index in [0.717, 1.165) is 22.5 Å². The summed E-state index contributed by atoms with van der Waals surface area (Å²) in [6.07, 6.45) is 3.20. The molecule has 0 radical (unpaired) electrons. The molecule has 0 saturated heterocycles. The molecule has 136 valence electrons. The lowest BCUT2D eigenvalue weighted by molar-refractivity contribution is -0.142. The molecule has 3 rings (SSSR count). The van der Waals surface area contributed by atoms with Crippen molar-refractivity contribution in [2.45, 2.75) is 39.7 Å². The number of aromatic nitrogens is 5. The third kappa shape index (κ3) is 3.22. The van der Waals surface area contributed by atoms with Gasteiger partial charge in [0.05, 0.1) is 11.7 Å². The predicted octanol–water partition coefficient (Wildman–Crippen LogP) is 1.95. The standard InChI is InChI=1S/C18H22N6O2/c1-10(2)26-18(25)15-12(4)20-11(3)14(17-21-22-23-24(17)5)16(15)13-6-8-19-9-7-13/h6-10,16,20H,1-5H3. The van der Waals surface area contributed by atoms with Crippen LogP contribution in [-0.4, -0.2) is 37.3 Å². The molecular weight excluding hydrogens is 332 g/mol. The number of tetrazole rings is 1. The highest BCUT2D eigenvalue weighted by Gasteiger charge is 2.36. The predicted molar refractivity (Wildman–Crippen MR) is 95.4 cm³/mol. The van der Waals surface area contributed by atoms with Gasteiger partial charge in [0.1, 0.15) is 0 Å². The topological polar surface area (TPSA) is 94.8 Å². The van der Waals surface area contributed by atoms with Gasteiger partial charge in [0.2, 0.25) is 0 Å². The Morgan fingerprint density at radius 2 is 1.92 bits per heavy atom. The van der Waals surface area contributed by atoms with Gasteiger partial charge < -0.3 is 10.1 Å². The molecule has 8 heteroatoms. The number of nitrogens with zero attached hydrogens (tertiary/aromatic N) is 5. The van der Waals surface area contributed by atoms with Gasteiger partial charge in [-0.15, -0.1) is 5.10 Å². The fourth-order valence-electron chi connectivity index (χ4n) is 3.19. The molecule has 0 aromatic carbocycles. The van der Waals surface area contributed by atoms with E-state index in [0.29, 0.717) is 11.4 Å². The van der Waals surface area contributed by atoms with Crippen molar-refractivity contribution < 1.29 is 9.53 Å². The minimum absolute atomic E-state index is 0.215. The molecule has 0 aliphatic carbocycles. The number of hydrogen-bond acceptors (Lipinski definition) is 7. The van der Waals surface area contributed by atoms with Crippen molar-refractivity contribution in [3.8, 4) is 0 Å². The first-order chi connectivity index (χ1) is 12.4. The Morgan fingerprint density at radius 1 is 1.23 bits per heavy atom. The van der Waals surface area contributed by atoms with Crippen LogP contribution in [0.4, 0.5) is 0 Å². The molecule has 0 fully saturated rings. The van der Waals surface area contributed by atoms with Crippen LogP contribution >= 0.6 is 0 Å². The van der Waals surface area contributed by atoms with Crippen LogP contribution in [0.3, 0.4) is 0 Å². The zero-order valence-electron chi connectivity index (χ0n) is 15.5. The van der Waals surface area contributed by atoms with E-state index < -0.39 is 0 Å². The number of rotatable bonds is 4. The van der Waals surface area contributed by atoms with Crippen molar-refractivity contribution in [3.63, 3.8) is 0 Å². The lowest BCUT2D eigenvalue weighted by Crippen LogP contribution is -2.30. The highest BCUT2D eigenvalue weighted by molar-refractivity contribution is 5.97. The fourth-order valence-corrected chi connectivity index (χ4v) is 3.19. The van der Waals surface area contributed by atoms with Crippen LogP contribution in [0.15, 0.2) is 41.5 Å². The molecule has 0 amide bonds. The molecule has 2 aromatic heterocycles. The van der Waals surface area contributed by atoms with Gasteiger partial charge in [0.25, 0.3) is 0 Å². The summed E-state index contributed by atoms with van der Waals surface area (Å²) in [6.45, 7) is 7.49. The van der Waals surface area contributed by atoms with Crippen LogP contribution in [0.5, 0.6) is 0 Å². The van der Waals surface area contributed by atoms with E-state index in [1.807, 2.05) is 39.8 Å². The SMILES string of the molecule is CC1=C(C(=O)OC(C)C)C(c2ccncc2)C(c2nnnn2C)=C(C)N1. The molecule has 0 spiro atoms. The number of carbonyl (C=O) groups excluding carboxylic acids is 1. The number of esters is 1. The number of dihydropyridines is 1. The summed E-state index contributed by atoms with van der Waals surface area (Å²) in [5, 5.41) is 15.1. The summed E-state index contributed by atoms with van der Waals surface area (Å²) in [5.41, 5.74) is 3.96. The van der Waals surface area contributed by atoms with Gasteiger partial charge >= 0.3 is 5.97 Å². The second-order valence-corrected chi connectivity index (χ2v) is 6.50. The van der Waals surface area contributed by atoms with Gasteiger partial charge in [0, 0.05) is 42.3 Å². The van der Waals surface area contributed by atoms with Crippen molar-refractivity contribution in [2.24, 2.45) is 7.05 Å². The Labute approximate surface area is 152 Å². The maximum atomic E-state index is 12.9. The Kier molecular flexibility index (Phi) is 4.83. The Bertz CT molecular complexity index is 882. The molecule has 8 nitrogen and oxygen atoms in total. The van der Waals surface area contributed by atoms with Gasteiger partial charge in [-0.1, -0.05) is 0 Å². The smallest absolute Gasteiger partial charge is 0.337 e. The van der Waals surface area contributed by atoms with Crippen LogP contribution in [0.1, 0.15) is 45.0 Å². The molecule has 0 saturated carbocycles. The zero-order valence-corrected chi connectivity index (χ0v) is 15.5. The molecule has 1 unspecified atom stereocenters. The second kappa shape index (κ2) is 7.07. The first-order valence-electron chi connectivity index (χ1n) is 8.42. The Hall–Kier alpha value is -3.03. The van der Waals surface area contributed by atoms with E-state index in [2.05, 4.69) is 25.8 Å². The average molecular weight is 354 g/mol. The molecule has 1 atom stereocenters. The normalized spacial score (nSPS) is 17.5. The summed E-state index contributed by atoms with van der Waals surface area (Å²) in [7, 11) is 1.77. The maximum Gasteiger partial charge on any atom is 0.337 e. The molecule has 0 bridgehead atoms. The Morgan fingerprint density at radius 3 is 2.50 bits per heavy atom. The van der Waals surface area contributed by atoms with Crippen LogP contribution < -0.4 is 5.32 Å². The van der Waals surface area contributed by atoms with E-state index >= 15 is 0 Å². The van der Waals surface area contributed by atoms with E-state index in [-0.39, 0.29) is 18.0 Å². The molecule has 1 N–H and O–H groups in total. The zero-order chi connectivity index (χ0) is 18.8. The lowest BCUT2D eigenvalue weighted by atomic mass is 9.80. The molecule has 1 aliphatic rings. The van der Waals surface area contributed by atoms with Gasteiger partial charge in [0.15, 0.2) is 5.82 Å². The number of aryl methyl sites for hydroxylation is 1. The average Bonchev–Trinajstić information content (AvgIpc) is 3.00. The van der Waals surface area contributed by atoms with Gasteiger partial charge in [-0.2, -0.15) is 0 Å². The molecular formula is C18H22N6O2. The summed E-state index contributed by atoms with van der Waals surface area (Å²) >= 11 is 0. The highest BCUT2D eigenvalue weighted by atomic mass is 16.5. The third-order valence-electron chi connectivity index (χ3n) is 4.22. The summed E-state index contributed by atoms with van der Waals surface area (Å²) in [4.78, 5) is 17.0. The van der Waals surface area contributed by atoms with Crippen LogP contribution in [0.25, 0.3) is 5.57 Å². The van der Waals surface area contributed by atoms with E-state index in [1.165, 1.54) is 0 Å². The van der Waals surface area contributed by atoms with Crippen LogP contribution in [0, 0.1) is 0 Å². The Balaban J connectivity index is 2.19. The van der Waals surface area contributed by atoms with Crippen LogP contribution in [-0.2, 0) is 16.6 Å². The monoisotopic (exact) mass is 354 g/mol. The van der Waals surface area contributed by atoms with Crippen molar-refractivity contribution >= 4 is 11.5 Å². The minimum atomic E-state index is -0.355. The third-order valence-corrected chi connectivity index (χ3v) is 4.22. The van der Waals surface area contributed by atoms with Gasteiger partial charge in [-0.3, -0.25) is 4.98 Å². The molecule has 1 aliphatic heterocycles. The first kappa shape index (κ1) is 17.8. The fraction of sp³-hybridized carbons (Fsp3) is 0.389. The van der Waals surface area contributed by atoms with Crippen molar-refractivity contribution in [1.29, 1.82) is 0 Å². The largest absolute Gasteiger partial charge is 0.460 e. The number of hydrogen-bond donors (Lipinski definition) is 1. The number of allylic oxidation sites excluding steroid dienone is 3. The van der Waals surface area contributed by atoms with E-state index in [4.69, 9.17) is 4.74 Å². The number of ether oxygens (including phenoxy) is 1. The van der Waals surface area contributed by atoms with Crippen molar-refractivity contribution in [1.82, 2.24) is 30.5 Å². The lowest BCUT2D eigenvalue weighted by Gasteiger charge is -2.31. The summed E-state index contributed by atoms with van der Waals surface area (Å²) in [5.74, 6) is -0.110. The minimum Gasteiger partial charge on any atom is -0.460 e. The number of nitrogens with one attached hydrogen (secondary N) is 1. The summed E-state index contributed by atoms with van der Waals surface area (Å²) < 4.78 is 7.11. The quantitative estimate of drug-likeness (QED) is 0.839. The van der Waals surface area contributed by atoms with Crippen LogP contribution in [0.2, 0.25) is 0 Å². The van der Waals surface area contributed by atoms with Crippen molar-refractivity contribution in [3.05, 3.63) is 52.9 Å². The van der Waals surface area contributed by atoms with Crippen molar-refractivity contribution in [2.75, 3.05) is 0 Å². The van der Waals surface area contributed by atoms with E-state index in [9.17, 15) is 4.79 Å². The summed E-state index contributed by atoms with van der Waals surface area (Å²) in [6, 6.07) is 3.78. The van der Waals surface area contributed by atoms with Gasteiger partial charge in [-0.25, -0.2) is 9.48 Å². The maximum absolute atomic E-state index is 12.9. The molecule has 3 heterocycles. The second-order valence-electron chi connectivity index (χ2n) is 6.50. The first-order valence-corrected chi connectivity index (χ1v) is 8.42. The number of carbonyl (C=O) groups is 1. The highest BCUT2D eigenvalue weighted by Crippen LogP contribution is 2.42. The number of pyridine rings is 1. The van der Waals surface area contributed by atoms with E-state index in [1.54, 1.807) is 24.1 Å². The molecule has 2 aromatic rings. The molecule has 26 heavy (non-hydrogen) atoms. The van der Waals surface area contributed by atoms with Gasteiger partial charge in [-0.05, 0) is 55.8 Å².